The zero-order valence-corrected chi connectivity index (χ0v) is 11.8. The summed E-state index contributed by atoms with van der Waals surface area (Å²) >= 11 is 0. The molecular weight excluding hydrogens is 244 g/mol. The molecule has 0 aliphatic rings. The van der Waals surface area contributed by atoms with Crippen molar-refractivity contribution in [3.05, 3.63) is 29.3 Å². The highest BCUT2D eigenvalue weighted by Crippen LogP contribution is 2.19. The van der Waals surface area contributed by atoms with Gasteiger partial charge in [-0.05, 0) is 32.4 Å². The van der Waals surface area contributed by atoms with Gasteiger partial charge in [0.25, 0.3) is 5.91 Å². The quantitative estimate of drug-likeness (QED) is 0.662. The summed E-state index contributed by atoms with van der Waals surface area (Å²) in [5.74, 6) is -0.704. The molecule has 5 heteroatoms. The lowest BCUT2D eigenvalue weighted by Crippen LogP contribution is -2.41. The van der Waals surface area contributed by atoms with Crippen molar-refractivity contribution < 1.29 is 14.3 Å². The monoisotopic (exact) mass is 264 g/mol. The molecule has 1 aromatic carbocycles. The van der Waals surface area contributed by atoms with Crippen LogP contribution < -0.4 is 5.73 Å². The molecule has 1 rings (SSSR count). The van der Waals surface area contributed by atoms with Gasteiger partial charge in [-0.2, -0.15) is 0 Å². The third-order valence-electron chi connectivity index (χ3n) is 2.93. The lowest BCUT2D eigenvalue weighted by atomic mass is 10.0. The molecule has 1 aromatic rings. The van der Waals surface area contributed by atoms with Crippen LogP contribution in [0.3, 0.4) is 0 Å². The number of nitrogen functional groups attached to an aromatic ring is 1. The van der Waals surface area contributed by atoms with Gasteiger partial charge in [-0.1, -0.05) is 12.1 Å². The molecule has 0 aliphatic heterocycles. The highest BCUT2D eigenvalue weighted by Gasteiger charge is 2.24. The van der Waals surface area contributed by atoms with Crippen LogP contribution in [-0.2, 0) is 9.53 Å². The van der Waals surface area contributed by atoms with Crippen LogP contribution in [0.25, 0.3) is 0 Å². The minimum Gasteiger partial charge on any atom is -0.468 e. The molecule has 5 nitrogen and oxygen atoms in total. The van der Waals surface area contributed by atoms with Crippen molar-refractivity contribution in [2.45, 2.75) is 26.8 Å². The van der Waals surface area contributed by atoms with Crippen LogP contribution in [-0.4, -0.2) is 36.5 Å². The van der Waals surface area contributed by atoms with Crippen molar-refractivity contribution in [2.24, 2.45) is 0 Å². The molecule has 0 heterocycles. The van der Waals surface area contributed by atoms with Gasteiger partial charge in [-0.3, -0.25) is 9.59 Å². The average Bonchev–Trinajstić information content (AvgIpc) is 2.34. The Labute approximate surface area is 113 Å². The molecule has 2 N–H and O–H groups in total. The smallest absolute Gasteiger partial charge is 0.325 e. The maximum Gasteiger partial charge on any atom is 0.325 e. The van der Waals surface area contributed by atoms with Crippen molar-refractivity contribution in [1.29, 1.82) is 0 Å². The van der Waals surface area contributed by atoms with Crippen molar-refractivity contribution in [1.82, 2.24) is 4.90 Å². The first-order valence-electron chi connectivity index (χ1n) is 6.11. The topological polar surface area (TPSA) is 72.6 Å². The lowest BCUT2D eigenvalue weighted by Gasteiger charge is -2.26. The first-order valence-corrected chi connectivity index (χ1v) is 6.11. The molecule has 0 fully saturated rings. The summed E-state index contributed by atoms with van der Waals surface area (Å²) in [6, 6.07) is 5.17. The number of hydrogen-bond donors (Lipinski definition) is 1. The molecule has 1 amide bonds. The van der Waals surface area contributed by atoms with Gasteiger partial charge in [0, 0.05) is 11.7 Å². The van der Waals surface area contributed by atoms with E-state index in [0.717, 1.165) is 5.56 Å². The minimum atomic E-state index is -0.450. The Morgan fingerprint density at radius 3 is 2.47 bits per heavy atom. The Hall–Kier alpha value is -2.04. The number of hydrogen-bond acceptors (Lipinski definition) is 4. The van der Waals surface area contributed by atoms with Crippen LogP contribution in [0.2, 0.25) is 0 Å². The lowest BCUT2D eigenvalue weighted by molar-refractivity contribution is -0.141. The van der Waals surface area contributed by atoms with E-state index in [2.05, 4.69) is 4.74 Å². The molecule has 19 heavy (non-hydrogen) atoms. The molecule has 0 spiro atoms. The van der Waals surface area contributed by atoms with Crippen LogP contribution in [0.4, 0.5) is 5.69 Å². The Kier molecular flexibility index (Phi) is 4.92. The van der Waals surface area contributed by atoms with E-state index < -0.39 is 5.97 Å². The van der Waals surface area contributed by atoms with E-state index in [4.69, 9.17) is 5.73 Å². The summed E-state index contributed by atoms with van der Waals surface area (Å²) in [5.41, 5.74) is 7.51. The first-order chi connectivity index (χ1) is 8.88. The van der Waals surface area contributed by atoms with Crippen molar-refractivity contribution in [3.8, 4) is 0 Å². The fourth-order valence-corrected chi connectivity index (χ4v) is 1.82. The predicted octanol–water partition coefficient (Wildman–Crippen LogP) is 1.60. The Balaban J connectivity index is 3.10. The van der Waals surface area contributed by atoms with Gasteiger partial charge in [0.1, 0.15) is 6.54 Å². The number of nitrogens with two attached hydrogens (primary N) is 1. The van der Waals surface area contributed by atoms with Gasteiger partial charge >= 0.3 is 5.97 Å². The second-order valence-corrected chi connectivity index (χ2v) is 4.64. The number of rotatable bonds is 4. The van der Waals surface area contributed by atoms with Gasteiger partial charge in [0.05, 0.1) is 12.7 Å². The van der Waals surface area contributed by atoms with E-state index in [-0.39, 0.29) is 18.5 Å². The number of anilines is 1. The van der Waals surface area contributed by atoms with E-state index in [9.17, 15) is 9.59 Å². The zero-order valence-electron chi connectivity index (χ0n) is 11.8. The van der Waals surface area contributed by atoms with E-state index in [0.29, 0.717) is 11.3 Å². The average molecular weight is 264 g/mol. The van der Waals surface area contributed by atoms with Gasteiger partial charge < -0.3 is 15.4 Å². The third-order valence-corrected chi connectivity index (χ3v) is 2.93. The third kappa shape index (κ3) is 3.47. The summed E-state index contributed by atoms with van der Waals surface area (Å²) in [4.78, 5) is 25.4. The van der Waals surface area contributed by atoms with Crippen LogP contribution in [0, 0.1) is 6.92 Å². The number of carbonyl (C=O) groups is 2. The SMILES string of the molecule is COC(=O)CN(C(=O)c1c(C)cccc1N)C(C)C. The fraction of sp³-hybridized carbons (Fsp3) is 0.429. The molecule has 0 radical (unpaired) electrons. The second-order valence-electron chi connectivity index (χ2n) is 4.64. The first kappa shape index (κ1) is 15.0. The predicted molar refractivity (Wildman–Crippen MR) is 73.8 cm³/mol. The van der Waals surface area contributed by atoms with E-state index in [1.807, 2.05) is 26.8 Å². The summed E-state index contributed by atoms with van der Waals surface area (Å²) in [6.45, 7) is 5.42. The van der Waals surface area contributed by atoms with Gasteiger partial charge in [-0.25, -0.2) is 0 Å². The minimum absolute atomic E-state index is 0.0826. The molecule has 0 aromatic heterocycles. The van der Waals surface area contributed by atoms with Gasteiger partial charge in [0.2, 0.25) is 0 Å². The Bertz CT molecular complexity index is 463. The van der Waals surface area contributed by atoms with Crippen LogP contribution >= 0.6 is 0 Å². The highest BCUT2D eigenvalue weighted by atomic mass is 16.5. The zero-order chi connectivity index (χ0) is 14.6. The molecule has 0 bridgehead atoms. The second kappa shape index (κ2) is 6.22. The molecule has 0 saturated carbocycles. The fourth-order valence-electron chi connectivity index (χ4n) is 1.82. The number of aryl methyl sites for hydroxylation is 1. The van der Waals surface area contributed by atoms with Crippen LogP contribution in [0.5, 0.6) is 0 Å². The Morgan fingerprint density at radius 2 is 2.00 bits per heavy atom. The number of esters is 1. The molecule has 0 saturated heterocycles. The van der Waals surface area contributed by atoms with Crippen molar-refractivity contribution in [2.75, 3.05) is 19.4 Å². The number of ether oxygens (including phenoxy) is 1. The van der Waals surface area contributed by atoms with Crippen molar-refractivity contribution >= 4 is 17.6 Å². The molecular formula is C14H20N2O3. The van der Waals surface area contributed by atoms with E-state index in [1.165, 1.54) is 12.0 Å². The normalized spacial score (nSPS) is 10.4. The highest BCUT2D eigenvalue weighted by molar-refractivity contribution is 6.01. The summed E-state index contributed by atoms with van der Waals surface area (Å²) in [6.07, 6.45) is 0. The van der Waals surface area contributed by atoms with Gasteiger partial charge in [0.15, 0.2) is 0 Å². The standard InChI is InChI=1S/C14H20N2O3/c1-9(2)16(8-12(17)19-4)14(18)13-10(3)6-5-7-11(13)15/h5-7,9H,8,15H2,1-4H3. The molecule has 0 atom stereocenters. The largest absolute Gasteiger partial charge is 0.468 e. The van der Waals surface area contributed by atoms with E-state index in [1.54, 1.807) is 12.1 Å². The van der Waals surface area contributed by atoms with Crippen LogP contribution in [0.1, 0.15) is 29.8 Å². The summed E-state index contributed by atoms with van der Waals surface area (Å²) in [7, 11) is 1.30. The van der Waals surface area contributed by atoms with Crippen molar-refractivity contribution in [3.63, 3.8) is 0 Å². The van der Waals surface area contributed by atoms with Gasteiger partial charge in [-0.15, -0.1) is 0 Å². The molecule has 0 aliphatic carbocycles. The van der Waals surface area contributed by atoms with E-state index >= 15 is 0 Å². The molecule has 104 valence electrons. The maximum atomic E-state index is 12.5. The number of carbonyl (C=O) groups excluding carboxylic acids is 2. The maximum absolute atomic E-state index is 12.5. The number of nitrogens with zero attached hydrogens (tertiary/aromatic N) is 1. The summed E-state index contributed by atoms with van der Waals surface area (Å²) < 4.78 is 4.61. The number of methoxy groups -OCH3 is 1. The summed E-state index contributed by atoms with van der Waals surface area (Å²) in [5, 5.41) is 0. The number of benzene rings is 1. The number of amides is 1. The molecule has 0 unspecified atom stereocenters. The van der Waals surface area contributed by atoms with Crippen LogP contribution in [0.15, 0.2) is 18.2 Å². The Morgan fingerprint density at radius 1 is 1.37 bits per heavy atom.